The minimum absolute atomic E-state index is 0.0691. The second-order valence-electron chi connectivity index (χ2n) is 8.26. The number of likely N-dealkylation sites (tertiary alicyclic amines) is 2. The molecular formula is C24H31N3O3S. The molecule has 7 heteroatoms. The van der Waals surface area contributed by atoms with E-state index in [1.807, 2.05) is 35.7 Å². The highest BCUT2D eigenvalue weighted by Gasteiger charge is 2.29. The average molecular weight is 442 g/mol. The second-order valence-corrected chi connectivity index (χ2v) is 9.14. The number of carbonyl (C=O) groups excluding carboxylic acids is 2. The third-order valence-corrected chi connectivity index (χ3v) is 7.02. The summed E-state index contributed by atoms with van der Waals surface area (Å²) < 4.78 is 5.30. The lowest BCUT2D eigenvalue weighted by Crippen LogP contribution is -2.42. The van der Waals surface area contributed by atoms with Crippen LogP contribution in [-0.4, -0.2) is 67.0 Å². The van der Waals surface area contributed by atoms with Gasteiger partial charge >= 0.3 is 5.97 Å². The van der Waals surface area contributed by atoms with Crippen molar-refractivity contribution in [3.05, 3.63) is 41.3 Å². The van der Waals surface area contributed by atoms with Crippen LogP contribution in [0.2, 0.25) is 0 Å². The molecule has 0 bridgehead atoms. The Labute approximate surface area is 188 Å². The predicted molar refractivity (Wildman–Crippen MR) is 125 cm³/mol. The number of benzene rings is 1. The van der Waals surface area contributed by atoms with E-state index < -0.39 is 5.97 Å². The first-order valence-electron chi connectivity index (χ1n) is 11.3. The van der Waals surface area contributed by atoms with Gasteiger partial charge in [0.2, 0.25) is 5.91 Å². The molecule has 1 N–H and O–H groups in total. The van der Waals surface area contributed by atoms with Gasteiger partial charge in [0.25, 0.3) is 0 Å². The average Bonchev–Trinajstić information content (AvgIpc) is 3.52. The van der Waals surface area contributed by atoms with E-state index in [-0.39, 0.29) is 5.91 Å². The lowest BCUT2D eigenvalue weighted by molar-refractivity contribution is -0.117. The Bertz CT molecular complexity index is 893. The van der Waals surface area contributed by atoms with E-state index in [0.29, 0.717) is 29.8 Å². The molecule has 4 rings (SSSR count). The summed E-state index contributed by atoms with van der Waals surface area (Å²) in [6.07, 6.45) is 4.85. The minimum Gasteiger partial charge on any atom is -0.462 e. The summed E-state index contributed by atoms with van der Waals surface area (Å²) in [5.74, 6) is -0.466. The molecule has 6 nitrogen and oxygen atoms in total. The lowest BCUT2D eigenvalue weighted by Gasteiger charge is -2.27. The second kappa shape index (κ2) is 10.4. The predicted octanol–water partition coefficient (Wildman–Crippen LogP) is 4.09. The number of carbonyl (C=O) groups is 2. The SMILES string of the molecule is CCOC(=O)c1c(-c2ccccc2)csc1NC(=O)CN1CCCC1CN1CCCC1. The van der Waals surface area contributed by atoms with E-state index in [1.165, 1.54) is 37.3 Å². The molecule has 1 aromatic heterocycles. The van der Waals surface area contributed by atoms with Crippen LogP contribution in [0.5, 0.6) is 0 Å². The summed E-state index contributed by atoms with van der Waals surface area (Å²) in [6, 6.07) is 10.2. The van der Waals surface area contributed by atoms with E-state index in [4.69, 9.17) is 4.74 Å². The number of rotatable bonds is 8. The van der Waals surface area contributed by atoms with Crippen molar-refractivity contribution >= 4 is 28.2 Å². The Hall–Kier alpha value is -2.22. The Morgan fingerprint density at radius 2 is 1.90 bits per heavy atom. The molecule has 2 aromatic rings. The molecule has 2 saturated heterocycles. The molecule has 1 unspecified atom stereocenters. The molecule has 31 heavy (non-hydrogen) atoms. The van der Waals surface area contributed by atoms with Crippen LogP contribution in [0.4, 0.5) is 5.00 Å². The van der Waals surface area contributed by atoms with E-state index in [9.17, 15) is 9.59 Å². The molecule has 3 heterocycles. The fraction of sp³-hybridized carbons (Fsp3) is 0.500. The number of nitrogens with one attached hydrogen (secondary N) is 1. The summed E-state index contributed by atoms with van der Waals surface area (Å²) in [5, 5.41) is 5.49. The van der Waals surface area contributed by atoms with E-state index >= 15 is 0 Å². The number of ether oxygens (including phenoxy) is 1. The van der Waals surface area contributed by atoms with Crippen LogP contribution in [0.1, 0.15) is 43.0 Å². The Morgan fingerprint density at radius 1 is 1.13 bits per heavy atom. The maximum atomic E-state index is 12.9. The maximum absolute atomic E-state index is 12.9. The van der Waals surface area contributed by atoms with Gasteiger partial charge in [-0.2, -0.15) is 0 Å². The molecular weight excluding hydrogens is 410 g/mol. The zero-order valence-electron chi connectivity index (χ0n) is 18.1. The molecule has 166 valence electrons. The number of amides is 1. The van der Waals surface area contributed by atoms with Crippen molar-refractivity contribution in [2.45, 2.75) is 38.6 Å². The molecule has 0 radical (unpaired) electrons. The highest BCUT2D eigenvalue weighted by atomic mass is 32.1. The Balaban J connectivity index is 1.46. The zero-order chi connectivity index (χ0) is 21.6. The molecule has 0 saturated carbocycles. The van der Waals surface area contributed by atoms with Gasteiger partial charge in [0.1, 0.15) is 10.6 Å². The van der Waals surface area contributed by atoms with Crippen LogP contribution in [0.3, 0.4) is 0 Å². The van der Waals surface area contributed by atoms with Gasteiger partial charge in [-0.25, -0.2) is 4.79 Å². The van der Waals surface area contributed by atoms with Gasteiger partial charge in [0.05, 0.1) is 13.2 Å². The molecule has 1 amide bonds. The quantitative estimate of drug-likeness (QED) is 0.625. The van der Waals surface area contributed by atoms with Gasteiger partial charge in [-0.05, 0) is 57.8 Å². The van der Waals surface area contributed by atoms with Gasteiger partial charge in [-0.3, -0.25) is 9.69 Å². The van der Waals surface area contributed by atoms with Crippen molar-refractivity contribution in [1.82, 2.24) is 9.80 Å². The molecule has 0 aliphatic carbocycles. The van der Waals surface area contributed by atoms with Crippen LogP contribution in [0.15, 0.2) is 35.7 Å². The third-order valence-electron chi connectivity index (χ3n) is 6.12. The topological polar surface area (TPSA) is 61.9 Å². The number of hydrogen-bond acceptors (Lipinski definition) is 6. The number of anilines is 1. The van der Waals surface area contributed by atoms with Crippen molar-refractivity contribution in [2.24, 2.45) is 0 Å². The number of esters is 1. The lowest BCUT2D eigenvalue weighted by atomic mass is 10.0. The fourth-order valence-corrected chi connectivity index (χ4v) is 5.58. The van der Waals surface area contributed by atoms with Gasteiger partial charge in [0, 0.05) is 23.5 Å². The van der Waals surface area contributed by atoms with Gasteiger partial charge in [-0.1, -0.05) is 30.3 Å². The summed E-state index contributed by atoms with van der Waals surface area (Å²) >= 11 is 1.38. The van der Waals surface area contributed by atoms with Crippen LogP contribution in [0.25, 0.3) is 11.1 Å². The van der Waals surface area contributed by atoms with Crippen LogP contribution >= 0.6 is 11.3 Å². The molecule has 2 fully saturated rings. The molecule has 0 spiro atoms. The Kier molecular flexibility index (Phi) is 7.37. The molecule has 2 aliphatic rings. The van der Waals surface area contributed by atoms with Crippen molar-refractivity contribution in [2.75, 3.05) is 44.6 Å². The van der Waals surface area contributed by atoms with E-state index in [2.05, 4.69) is 15.1 Å². The largest absolute Gasteiger partial charge is 0.462 e. The number of nitrogens with zero attached hydrogens (tertiary/aromatic N) is 2. The highest BCUT2D eigenvalue weighted by Crippen LogP contribution is 2.36. The monoisotopic (exact) mass is 441 g/mol. The number of thiophene rings is 1. The van der Waals surface area contributed by atoms with Crippen molar-refractivity contribution in [3.8, 4) is 11.1 Å². The third kappa shape index (κ3) is 5.34. The summed E-state index contributed by atoms with van der Waals surface area (Å²) in [6.45, 7) is 6.81. The van der Waals surface area contributed by atoms with Crippen LogP contribution < -0.4 is 5.32 Å². The van der Waals surface area contributed by atoms with Crippen molar-refractivity contribution in [3.63, 3.8) is 0 Å². The molecule has 2 aliphatic heterocycles. The zero-order valence-corrected chi connectivity index (χ0v) is 19.0. The van der Waals surface area contributed by atoms with Crippen molar-refractivity contribution < 1.29 is 14.3 Å². The van der Waals surface area contributed by atoms with Gasteiger partial charge in [0.15, 0.2) is 0 Å². The summed E-state index contributed by atoms with van der Waals surface area (Å²) in [5.41, 5.74) is 2.18. The van der Waals surface area contributed by atoms with Gasteiger partial charge < -0.3 is 15.0 Å². The first-order valence-corrected chi connectivity index (χ1v) is 12.1. The summed E-state index contributed by atoms with van der Waals surface area (Å²) in [7, 11) is 0. The first kappa shape index (κ1) is 22.0. The maximum Gasteiger partial charge on any atom is 0.341 e. The normalized spacial score (nSPS) is 19.6. The fourth-order valence-electron chi connectivity index (χ4n) is 4.61. The standard InChI is InChI=1S/C24H31N3O3S/c1-2-30-24(29)22-20(18-9-4-3-5-10-18)17-31-23(22)25-21(28)16-27-14-8-11-19(27)15-26-12-6-7-13-26/h3-5,9-10,17,19H,2,6-8,11-16H2,1H3,(H,25,28). The molecule has 1 atom stereocenters. The number of hydrogen-bond donors (Lipinski definition) is 1. The smallest absolute Gasteiger partial charge is 0.341 e. The first-order chi connectivity index (χ1) is 15.2. The van der Waals surface area contributed by atoms with E-state index in [1.54, 1.807) is 6.92 Å². The van der Waals surface area contributed by atoms with Crippen LogP contribution in [0, 0.1) is 0 Å². The summed E-state index contributed by atoms with van der Waals surface area (Å²) in [4.78, 5) is 30.4. The Morgan fingerprint density at radius 3 is 2.65 bits per heavy atom. The van der Waals surface area contributed by atoms with Gasteiger partial charge in [-0.15, -0.1) is 11.3 Å². The van der Waals surface area contributed by atoms with E-state index in [0.717, 1.165) is 37.1 Å². The minimum atomic E-state index is -0.397. The molecule has 1 aromatic carbocycles. The highest BCUT2D eigenvalue weighted by molar-refractivity contribution is 7.15. The van der Waals surface area contributed by atoms with Crippen molar-refractivity contribution in [1.29, 1.82) is 0 Å². The van der Waals surface area contributed by atoms with Crippen LogP contribution in [-0.2, 0) is 9.53 Å².